The van der Waals surface area contributed by atoms with Crippen LogP contribution in [0.4, 0.5) is 28.0 Å². The molecule has 1 unspecified atom stereocenters. The fourth-order valence-electron chi connectivity index (χ4n) is 5.92. The van der Waals surface area contributed by atoms with Crippen molar-refractivity contribution in [2.45, 2.75) is 95.8 Å². The summed E-state index contributed by atoms with van der Waals surface area (Å²) in [7, 11) is 0. The number of carbonyl (C=O) groups is 3. The zero-order valence-electron chi connectivity index (χ0n) is 32.0. The molecule has 56 heavy (non-hydrogen) atoms. The summed E-state index contributed by atoms with van der Waals surface area (Å²) in [5.74, 6) is -2.20. The van der Waals surface area contributed by atoms with E-state index in [4.69, 9.17) is 10.5 Å². The van der Waals surface area contributed by atoms with Crippen LogP contribution in [0.5, 0.6) is 0 Å². The van der Waals surface area contributed by atoms with Crippen LogP contribution in [0.2, 0.25) is 0 Å². The number of benzene rings is 3. The summed E-state index contributed by atoms with van der Waals surface area (Å²) in [4.78, 5) is 38.1. The summed E-state index contributed by atoms with van der Waals surface area (Å²) in [5.41, 5.74) is 3.05. The van der Waals surface area contributed by atoms with Crippen LogP contribution in [0, 0.1) is 11.7 Å². The number of primary amides is 1. The Morgan fingerprint density at radius 1 is 0.946 bits per heavy atom. The highest BCUT2D eigenvalue weighted by molar-refractivity contribution is 7.90. The number of carbonyl (C=O) groups excluding carboxylic acids is 3. The van der Waals surface area contributed by atoms with Gasteiger partial charge in [-0.2, -0.15) is 18.3 Å². The number of nitrogens with one attached hydrogen (secondary N) is 3. The molecule has 0 saturated heterocycles. The van der Waals surface area contributed by atoms with Gasteiger partial charge < -0.3 is 25.7 Å². The number of ether oxygens (including phenoxy) is 1. The molecule has 0 aliphatic heterocycles. The van der Waals surface area contributed by atoms with Crippen molar-refractivity contribution in [3.05, 3.63) is 112 Å². The van der Waals surface area contributed by atoms with E-state index in [-0.39, 0.29) is 23.5 Å². The smallest absolute Gasteiger partial charge is 0.435 e. The molecule has 0 bridgehead atoms. The molecule has 0 radical (unpaired) electrons. The van der Waals surface area contributed by atoms with Crippen molar-refractivity contribution in [1.29, 1.82) is 0 Å². The van der Waals surface area contributed by atoms with Crippen LogP contribution >= 0.6 is 0 Å². The molecular weight excluding hydrogens is 753 g/mol. The second kappa shape index (κ2) is 16.3. The van der Waals surface area contributed by atoms with Gasteiger partial charge in [0.1, 0.15) is 27.4 Å². The van der Waals surface area contributed by atoms with Gasteiger partial charge in [-0.25, -0.2) is 13.9 Å². The number of rotatable bonds is 13. The second-order valence-corrected chi connectivity index (χ2v) is 17.8. The maximum atomic E-state index is 15.7. The largest absolute Gasteiger partial charge is 0.598 e. The Kier molecular flexibility index (Phi) is 12.3. The van der Waals surface area contributed by atoms with Crippen molar-refractivity contribution in [1.82, 2.24) is 19.8 Å². The number of alkyl carbamates (subject to hydrolysis) is 1. The summed E-state index contributed by atoms with van der Waals surface area (Å²) in [6.07, 6.45) is -2.50. The van der Waals surface area contributed by atoms with E-state index < -0.39 is 68.5 Å². The Hall–Kier alpha value is -4.93. The lowest BCUT2D eigenvalue weighted by Gasteiger charge is -2.39. The first-order valence-electron chi connectivity index (χ1n) is 18.0. The van der Waals surface area contributed by atoms with Gasteiger partial charge in [0.2, 0.25) is 5.91 Å². The molecule has 5 rings (SSSR count). The number of nitrogens with zero attached hydrogens (tertiary/aromatic N) is 2. The number of alkyl halides is 3. The molecule has 11 nitrogen and oxygen atoms in total. The predicted octanol–water partition coefficient (Wildman–Crippen LogP) is 7.89. The van der Waals surface area contributed by atoms with Crippen LogP contribution in [0.25, 0.3) is 5.69 Å². The fourth-order valence-corrected chi connectivity index (χ4v) is 6.88. The van der Waals surface area contributed by atoms with Gasteiger partial charge in [-0.05, 0) is 113 Å². The molecule has 3 aromatic carbocycles. The molecule has 3 amide bonds. The van der Waals surface area contributed by atoms with E-state index in [2.05, 4.69) is 20.5 Å². The van der Waals surface area contributed by atoms with Gasteiger partial charge in [-0.3, -0.25) is 9.59 Å². The Morgan fingerprint density at radius 3 is 2.20 bits per heavy atom. The predicted molar refractivity (Wildman–Crippen MR) is 205 cm³/mol. The van der Waals surface area contributed by atoms with Crippen molar-refractivity contribution in [2.24, 2.45) is 11.7 Å². The molecule has 1 aliphatic carbocycles. The molecular formula is C40H46F4N6O5S. The highest BCUT2D eigenvalue weighted by Crippen LogP contribution is 2.43. The van der Waals surface area contributed by atoms with Crippen LogP contribution < -0.4 is 21.1 Å². The summed E-state index contributed by atoms with van der Waals surface area (Å²) in [5, 5.41) is 8.71. The zero-order valence-corrected chi connectivity index (χ0v) is 32.8. The second-order valence-electron chi connectivity index (χ2n) is 15.8. The van der Waals surface area contributed by atoms with Crippen LogP contribution in [0.1, 0.15) is 110 Å². The highest BCUT2D eigenvalue weighted by atomic mass is 32.2. The van der Waals surface area contributed by atoms with E-state index in [1.54, 1.807) is 71.9 Å². The summed E-state index contributed by atoms with van der Waals surface area (Å²) in [6, 6.07) is 17.0. The number of hydrogen-bond donors (Lipinski definition) is 4. The van der Waals surface area contributed by atoms with E-state index in [0.717, 1.165) is 23.6 Å². The molecule has 2 atom stereocenters. The van der Waals surface area contributed by atoms with Crippen LogP contribution in [-0.4, -0.2) is 42.6 Å². The zero-order chi connectivity index (χ0) is 41.2. The normalized spacial score (nSPS) is 15.1. The molecule has 1 fully saturated rings. The first-order chi connectivity index (χ1) is 26.1. The number of nitrogens with two attached hydrogens (primary N) is 1. The summed E-state index contributed by atoms with van der Waals surface area (Å²) < 4.78 is 80.2. The molecule has 1 heterocycles. The van der Waals surface area contributed by atoms with Crippen LogP contribution in [0.15, 0.2) is 72.8 Å². The number of hydrogen-bond acceptors (Lipinski definition) is 7. The van der Waals surface area contributed by atoms with Crippen molar-refractivity contribution in [2.75, 3.05) is 5.32 Å². The summed E-state index contributed by atoms with van der Waals surface area (Å²) in [6.45, 7) is 10.4. The van der Waals surface area contributed by atoms with E-state index in [9.17, 15) is 32.1 Å². The maximum Gasteiger partial charge on any atom is 0.435 e. The van der Waals surface area contributed by atoms with Crippen molar-refractivity contribution in [3.63, 3.8) is 0 Å². The summed E-state index contributed by atoms with van der Waals surface area (Å²) >= 11 is -1.68. The Balaban J connectivity index is 1.54. The number of halogens is 4. The Labute approximate surface area is 326 Å². The quantitative estimate of drug-likeness (QED) is 0.0790. The lowest BCUT2D eigenvalue weighted by atomic mass is 9.79. The highest BCUT2D eigenvalue weighted by Gasteiger charge is 2.44. The number of anilines is 1. The molecule has 16 heteroatoms. The van der Waals surface area contributed by atoms with E-state index in [0.29, 0.717) is 41.5 Å². The van der Waals surface area contributed by atoms with Crippen molar-refractivity contribution >= 4 is 35.0 Å². The van der Waals surface area contributed by atoms with Gasteiger partial charge >= 0.3 is 12.3 Å². The van der Waals surface area contributed by atoms with Crippen LogP contribution in [-0.2, 0) is 34.4 Å². The van der Waals surface area contributed by atoms with Gasteiger partial charge in [0, 0.05) is 29.5 Å². The van der Waals surface area contributed by atoms with Crippen molar-refractivity contribution < 1.29 is 41.2 Å². The third kappa shape index (κ3) is 10.5. The monoisotopic (exact) mass is 798 g/mol. The average molecular weight is 799 g/mol. The number of amides is 3. The van der Waals surface area contributed by atoms with Crippen molar-refractivity contribution in [3.8, 4) is 5.69 Å². The maximum absolute atomic E-state index is 15.7. The topological polar surface area (TPSA) is 163 Å². The third-order valence-corrected chi connectivity index (χ3v) is 10.7. The Morgan fingerprint density at radius 2 is 1.61 bits per heavy atom. The van der Waals surface area contributed by atoms with E-state index in [1.165, 1.54) is 30.3 Å². The van der Waals surface area contributed by atoms with E-state index >= 15 is 4.39 Å². The Bertz CT molecular complexity index is 2070. The van der Waals surface area contributed by atoms with Gasteiger partial charge in [0.05, 0.1) is 11.4 Å². The molecule has 5 N–H and O–H groups in total. The molecule has 1 saturated carbocycles. The van der Waals surface area contributed by atoms with Gasteiger partial charge in [-0.1, -0.05) is 43.2 Å². The minimum atomic E-state index is -4.93. The minimum Gasteiger partial charge on any atom is -0.598 e. The molecule has 0 spiro atoms. The third-order valence-electron chi connectivity index (χ3n) is 9.04. The van der Waals surface area contributed by atoms with Gasteiger partial charge in [0.15, 0.2) is 5.69 Å². The molecule has 1 aromatic heterocycles. The SMILES string of the molecule is CC(C)(C)OC(=O)NCc1cccc(-n2nc(C(F)(F)F)cc2C(=O)Nc2cc(C(CCC3CC3)(N[S@+]([O-])C(C)(C)C)c3ccc(C(N)=O)cc3)ccc2F)c1. The first kappa shape index (κ1) is 42.2. The van der Waals surface area contributed by atoms with Gasteiger partial charge in [0.25, 0.3) is 5.91 Å². The van der Waals surface area contributed by atoms with Crippen LogP contribution in [0.3, 0.4) is 0 Å². The average Bonchev–Trinajstić information content (AvgIpc) is 3.82. The minimum absolute atomic E-state index is 0.0442. The molecule has 1 aliphatic rings. The number of aromatic nitrogens is 2. The van der Waals surface area contributed by atoms with E-state index in [1.807, 2.05) is 0 Å². The molecule has 300 valence electrons. The standard InChI is InChI=1S/C40H46F4N6O5S/c1-37(2,3)55-36(53)46-23-25-8-7-9-29(20-25)50-32(22-33(48-50)40(42,43)44)35(52)47-31-21-28(16-17-30(31)41)39(19-18-24-10-11-24,49-56(54)38(4,5)6)27-14-12-26(13-15-27)34(45)51/h7-9,12-17,20-22,24,49H,10-11,18-19,23H2,1-6H3,(H2,45,51)(H,46,53)(H,47,52)/t39?,56-/m1/s1. The van der Waals surface area contributed by atoms with Gasteiger partial charge in [-0.15, -0.1) is 4.72 Å². The fraction of sp³-hybridized carbons (Fsp3) is 0.400. The lowest BCUT2D eigenvalue weighted by molar-refractivity contribution is -0.141. The lowest BCUT2D eigenvalue weighted by Crippen LogP contribution is -2.52. The molecule has 4 aromatic rings. The first-order valence-corrected chi connectivity index (χ1v) is 19.2.